The van der Waals surface area contributed by atoms with Gasteiger partial charge < -0.3 is 5.32 Å². The Bertz CT molecular complexity index is 1080. The molecule has 0 fully saturated rings. The molecule has 0 saturated heterocycles. The largest absolute Gasteiger partial charge is 0.420 e. The van der Waals surface area contributed by atoms with Crippen LogP contribution in [0, 0.1) is 0 Å². The van der Waals surface area contributed by atoms with Gasteiger partial charge in [-0.3, -0.25) is 9.20 Å². The zero-order valence-corrected chi connectivity index (χ0v) is 13.8. The quantitative estimate of drug-likeness (QED) is 0.595. The number of nitrogens with one attached hydrogen (secondary N) is 1. The van der Waals surface area contributed by atoms with Crippen molar-refractivity contribution < 1.29 is 18.0 Å². The number of benzene rings is 1. The number of aromatic nitrogens is 4. The first-order valence-electron chi connectivity index (χ1n) is 7.47. The van der Waals surface area contributed by atoms with Gasteiger partial charge in [0.05, 0.1) is 16.8 Å². The second kappa shape index (κ2) is 6.06. The van der Waals surface area contributed by atoms with Crippen LogP contribution in [0.5, 0.6) is 0 Å². The van der Waals surface area contributed by atoms with Crippen LogP contribution in [-0.4, -0.2) is 25.5 Å². The highest BCUT2D eigenvalue weighted by Gasteiger charge is 2.34. The molecule has 0 atom stereocenters. The summed E-state index contributed by atoms with van der Waals surface area (Å²) in [6, 6.07) is 9.53. The summed E-state index contributed by atoms with van der Waals surface area (Å²) in [7, 11) is 0. The lowest BCUT2D eigenvalue weighted by molar-refractivity contribution is -0.136. The average Bonchev–Trinajstić information content (AvgIpc) is 3.22. The summed E-state index contributed by atoms with van der Waals surface area (Å²) in [5.74, 6) is -0.226. The van der Waals surface area contributed by atoms with Crippen LogP contribution in [0.1, 0.15) is 21.2 Å². The third-order valence-electron chi connectivity index (χ3n) is 3.71. The van der Waals surface area contributed by atoms with Crippen LogP contribution in [-0.2, 0) is 12.7 Å². The minimum absolute atomic E-state index is 0.0722. The summed E-state index contributed by atoms with van der Waals surface area (Å²) in [6.45, 7) is -0.0722. The Hall–Kier alpha value is -3.01. The molecule has 0 bridgehead atoms. The fraction of sp³-hybridized carbons (Fsp3) is 0.125. The smallest absolute Gasteiger partial charge is 0.343 e. The Kier molecular flexibility index (Phi) is 3.83. The molecule has 10 heteroatoms. The van der Waals surface area contributed by atoms with Gasteiger partial charge in [0, 0.05) is 6.20 Å². The molecule has 1 N–H and O–H groups in total. The van der Waals surface area contributed by atoms with Crippen LogP contribution >= 0.6 is 11.3 Å². The number of fused-ring (bicyclic) bond motifs is 2. The van der Waals surface area contributed by atoms with Crippen LogP contribution in [0.3, 0.4) is 0 Å². The molecule has 0 aliphatic rings. The normalized spacial score (nSPS) is 12.0. The van der Waals surface area contributed by atoms with Crippen molar-refractivity contribution in [2.24, 2.45) is 0 Å². The van der Waals surface area contributed by atoms with Gasteiger partial charge in [-0.25, -0.2) is 4.98 Å². The van der Waals surface area contributed by atoms with Gasteiger partial charge in [-0.2, -0.15) is 13.2 Å². The minimum Gasteiger partial charge on any atom is -0.343 e. The Morgan fingerprint density at radius 1 is 1.15 bits per heavy atom. The van der Waals surface area contributed by atoms with Gasteiger partial charge in [0.25, 0.3) is 5.91 Å². The monoisotopic (exact) mass is 377 g/mol. The van der Waals surface area contributed by atoms with Gasteiger partial charge in [-0.15, -0.1) is 21.5 Å². The van der Waals surface area contributed by atoms with Gasteiger partial charge >= 0.3 is 6.18 Å². The number of hydrogen-bond acceptors (Lipinski definition) is 5. The average molecular weight is 377 g/mol. The third-order valence-corrected chi connectivity index (χ3v) is 4.74. The summed E-state index contributed by atoms with van der Waals surface area (Å²) in [4.78, 5) is 16.5. The molecule has 26 heavy (non-hydrogen) atoms. The fourth-order valence-corrected chi connectivity index (χ4v) is 3.39. The lowest BCUT2D eigenvalue weighted by atomic mass is 10.2. The Balaban J connectivity index is 1.57. The van der Waals surface area contributed by atoms with Crippen molar-refractivity contribution >= 4 is 33.1 Å². The lowest BCUT2D eigenvalue weighted by Gasteiger charge is -2.07. The number of carbonyl (C=O) groups is 1. The number of amides is 1. The maximum absolute atomic E-state index is 13.0. The highest BCUT2D eigenvalue weighted by molar-refractivity contribution is 7.20. The molecule has 0 radical (unpaired) electrons. The van der Waals surface area contributed by atoms with E-state index in [-0.39, 0.29) is 23.0 Å². The molecule has 132 valence electrons. The fourth-order valence-electron chi connectivity index (χ4n) is 2.51. The van der Waals surface area contributed by atoms with E-state index < -0.39 is 17.6 Å². The number of pyridine rings is 1. The summed E-state index contributed by atoms with van der Waals surface area (Å²) < 4.78 is 41.1. The van der Waals surface area contributed by atoms with Crippen molar-refractivity contribution in [3.8, 4) is 0 Å². The molecule has 6 nitrogen and oxygen atoms in total. The van der Waals surface area contributed by atoms with Gasteiger partial charge in [-0.1, -0.05) is 12.1 Å². The van der Waals surface area contributed by atoms with E-state index in [1.54, 1.807) is 6.07 Å². The SMILES string of the molecule is O=C(NCc1nnc2c(C(F)(F)F)cccn12)c1nc2ccccc2s1. The number of carbonyl (C=O) groups excluding carboxylic acids is 1. The van der Waals surface area contributed by atoms with Crippen molar-refractivity contribution in [2.45, 2.75) is 12.7 Å². The zero-order chi connectivity index (χ0) is 18.3. The third kappa shape index (κ3) is 2.88. The molecule has 0 spiro atoms. The summed E-state index contributed by atoms with van der Waals surface area (Å²) in [5.41, 5.74) is -0.467. The number of nitrogens with zero attached hydrogens (tertiary/aromatic N) is 4. The van der Waals surface area contributed by atoms with Crippen molar-refractivity contribution in [1.29, 1.82) is 0 Å². The molecular formula is C16H10F3N5OS. The number of hydrogen-bond donors (Lipinski definition) is 1. The predicted molar refractivity (Wildman–Crippen MR) is 88.8 cm³/mol. The van der Waals surface area contributed by atoms with Crippen LogP contribution < -0.4 is 5.32 Å². The molecule has 1 aromatic carbocycles. The topological polar surface area (TPSA) is 72.2 Å². The van der Waals surface area contributed by atoms with Crippen LogP contribution in [0.2, 0.25) is 0 Å². The first-order valence-corrected chi connectivity index (χ1v) is 8.29. The molecule has 0 aliphatic carbocycles. The molecule has 1 amide bonds. The number of para-hydroxylation sites is 1. The molecule has 3 heterocycles. The molecular weight excluding hydrogens is 367 g/mol. The van der Waals surface area contributed by atoms with E-state index in [1.165, 1.54) is 28.0 Å². The highest BCUT2D eigenvalue weighted by atomic mass is 32.1. The Morgan fingerprint density at radius 3 is 2.73 bits per heavy atom. The summed E-state index contributed by atoms with van der Waals surface area (Å²) >= 11 is 1.24. The van der Waals surface area contributed by atoms with Crippen molar-refractivity contribution in [3.05, 3.63) is 59.0 Å². The maximum Gasteiger partial charge on any atom is 0.420 e. The molecule has 0 unspecified atom stereocenters. The minimum atomic E-state index is -4.53. The first kappa shape index (κ1) is 16.5. The number of alkyl halides is 3. The van der Waals surface area contributed by atoms with E-state index in [0.717, 1.165) is 10.8 Å². The van der Waals surface area contributed by atoms with E-state index in [4.69, 9.17) is 0 Å². The van der Waals surface area contributed by atoms with Crippen LogP contribution in [0.25, 0.3) is 15.9 Å². The van der Waals surface area contributed by atoms with E-state index in [1.807, 2.05) is 18.2 Å². The predicted octanol–water partition coefficient (Wildman–Crippen LogP) is 3.29. The van der Waals surface area contributed by atoms with E-state index >= 15 is 0 Å². The standard InChI is InChI=1S/C16H10F3N5OS/c17-16(18,19)9-4-3-7-24-12(22-23-13(9)24)8-20-14(25)15-21-10-5-1-2-6-11(10)26-15/h1-7H,8H2,(H,20,25). The van der Waals surface area contributed by atoms with E-state index in [9.17, 15) is 18.0 Å². The maximum atomic E-state index is 13.0. The Morgan fingerprint density at radius 2 is 1.96 bits per heavy atom. The number of halogens is 3. The van der Waals surface area contributed by atoms with Crippen molar-refractivity contribution in [3.63, 3.8) is 0 Å². The molecule has 0 aliphatic heterocycles. The van der Waals surface area contributed by atoms with Gasteiger partial charge in [0.1, 0.15) is 5.56 Å². The van der Waals surface area contributed by atoms with E-state index in [0.29, 0.717) is 5.52 Å². The molecule has 4 aromatic rings. The van der Waals surface area contributed by atoms with Gasteiger partial charge in [0.15, 0.2) is 16.5 Å². The molecule has 0 saturated carbocycles. The second-order valence-electron chi connectivity index (χ2n) is 5.40. The number of rotatable bonds is 3. The van der Waals surface area contributed by atoms with E-state index in [2.05, 4.69) is 20.5 Å². The summed E-state index contributed by atoms with van der Waals surface area (Å²) in [5, 5.41) is 10.2. The van der Waals surface area contributed by atoms with Crippen molar-refractivity contribution in [2.75, 3.05) is 0 Å². The Labute approximate surface area is 148 Å². The van der Waals surface area contributed by atoms with Crippen LogP contribution in [0.15, 0.2) is 42.6 Å². The van der Waals surface area contributed by atoms with Gasteiger partial charge in [-0.05, 0) is 24.3 Å². The second-order valence-corrected chi connectivity index (χ2v) is 6.43. The lowest BCUT2D eigenvalue weighted by Crippen LogP contribution is -2.23. The number of thiazole rings is 1. The molecule has 4 rings (SSSR count). The zero-order valence-electron chi connectivity index (χ0n) is 13.0. The molecule has 3 aromatic heterocycles. The first-order chi connectivity index (χ1) is 12.4. The van der Waals surface area contributed by atoms with Crippen molar-refractivity contribution in [1.82, 2.24) is 24.9 Å². The summed E-state index contributed by atoms with van der Waals surface area (Å²) in [6.07, 6.45) is -3.11. The van der Waals surface area contributed by atoms with Gasteiger partial charge in [0.2, 0.25) is 0 Å². The highest BCUT2D eigenvalue weighted by Crippen LogP contribution is 2.31. The van der Waals surface area contributed by atoms with Crippen LogP contribution in [0.4, 0.5) is 13.2 Å².